The topological polar surface area (TPSA) is 349 Å². The number of amides is 3. The predicted octanol–water partition coefficient (Wildman–Crippen LogP) is 7.75. The fourth-order valence-corrected chi connectivity index (χ4v) is 7.48. The molecule has 2 aliphatic rings. The Morgan fingerprint density at radius 1 is 0.609 bits per heavy atom. The highest BCUT2D eigenvalue weighted by Gasteiger charge is 2.26. The fourth-order valence-electron chi connectivity index (χ4n) is 5.89. The van der Waals surface area contributed by atoms with Crippen molar-refractivity contribution < 1.29 is 76.1 Å². The number of ether oxygens (including phenoxy) is 2. The zero-order valence-electron chi connectivity index (χ0n) is 54.8. The zero-order chi connectivity index (χ0) is 70.0. The third-order valence-electron chi connectivity index (χ3n) is 10.3. The number of rotatable bonds is 16. The number of imide groups is 1. The summed E-state index contributed by atoms with van der Waals surface area (Å²) in [5.41, 5.74) is 2.14. The van der Waals surface area contributed by atoms with Gasteiger partial charge in [-0.3, -0.25) is 66.4 Å². The number of ketones is 1. The van der Waals surface area contributed by atoms with E-state index in [0.29, 0.717) is 49.1 Å². The minimum Gasteiger partial charge on any atom is -0.478 e. The van der Waals surface area contributed by atoms with Gasteiger partial charge in [0.05, 0.1) is 48.0 Å². The van der Waals surface area contributed by atoms with E-state index in [2.05, 4.69) is 35.5 Å². The molecule has 0 spiro atoms. The van der Waals surface area contributed by atoms with Crippen LogP contribution in [0.2, 0.25) is 0 Å². The molecule has 0 unspecified atom stereocenters. The highest BCUT2D eigenvalue weighted by Crippen LogP contribution is 2.47. The summed E-state index contributed by atoms with van der Waals surface area (Å²) >= 11 is 5.11. The van der Waals surface area contributed by atoms with Crippen molar-refractivity contribution in [3.05, 3.63) is 138 Å². The van der Waals surface area contributed by atoms with Gasteiger partial charge in [-0.15, -0.1) is 0 Å². The van der Waals surface area contributed by atoms with Crippen molar-refractivity contribution in [3.8, 4) is 0 Å². The molecule has 3 amide bonds. The summed E-state index contributed by atoms with van der Waals surface area (Å²) in [7, 11) is 5.82. The van der Waals surface area contributed by atoms with Crippen LogP contribution in [0.3, 0.4) is 0 Å². The number of hydrogen-bond acceptors (Lipinski definition) is 20. The molecule has 0 atom stereocenters. The second-order valence-electron chi connectivity index (χ2n) is 20.9. The number of aryl methyl sites for hydroxylation is 5. The standard InChI is InChI=1S/C12H13N3O2.C12H16N2O3.C9H12N2O2.C7H8N2O2.C7H15O4P.C5H9ClO.C5H6N2O.C5H7NO/c1-14-9-7-10(13-14)5-6-12(17)15-8-3-2-4-11(15)16;1-12(2,3)11(16)17-10(15)6-5-9-7-8-14(4)13-9;1-3-13-9(12)5-4-8-6-7-11(2)10-8;1-9-5-4-6(8-9)2-3-7(10)11;1-4-10-12(9,11-5-2)6-7(3)8;1-5(2,3)4(6)7;1-7-3-2-5(4-8)6-7;7-5-3-1-2-4-6-5/h2,4-7,9H,3,8H2,1H3;5-8H,1-4H3;4-7H,3H2,1-2H3;2-5H,1H3,(H,10,11);4-6H2,1-3H3;1-3H3;2-4H,1H3;1,3H,2,4H2,(H,6,7)/b2*6-5+;5-4+;3-2+;;;;. The second kappa shape index (κ2) is 44.2. The van der Waals surface area contributed by atoms with Gasteiger partial charge in [-0.2, -0.15) is 25.5 Å². The van der Waals surface area contributed by atoms with E-state index in [0.717, 1.165) is 37.4 Å². The Labute approximate surface area is 541 Å². The SMILES string of the molecule is CC(C)(C)C(=O)Cl.CCOC(=O)/C=C/c1ccn(C)n1.CCOP(=O)(CC(C)=O)OCC.Cn1ccc(/C=C/C(=O)N2CCC=CC2=O)n1.Cn1ccc(/C=C/C(=O)O)n1.Cn1ccc(/C=C/C(=O)OC(=O)C(C)(C)C)n1.Cn1ccc(C=O)n1.O=C1C=CCCN1. The minimum absolute atomic E-state index is 0.0336. The van der Waals surface area contributed by atoms with E-state index < -0.39 is 30.9 Å². The molecule has 7 heterocycles. The first-order chi connectivity index (χ1) is 43.1. The zero-order valence-corrected chi connectivity index (χ0v) is 56.4. The van der Waals surface area contributed by atoms with Crippen molar-refractivity contribution in [2.45, 2.75) is 82.1 Å². The van der Waals surface area contributed by atoms with Crippen molar-refractivity contribution in [1.82, 2.24) is 59.1 Å². The Morgan fingerprint density at radius 3 is 1.30 bits per heavy atom. The van der Waals surface area contributed by atoms with E-state index in [9.17, 15) is 52.5 Å². The number of aldehydes is 1. The summed E-state index contributed by atoms with van der Waals surface area (Å²) in [5, 5.41) is 30.6. The van der Waals surface area contributed by atoms with Crippen LogP contribution in [-0.2, 0) is 101 Å². The maximum atomic E-state index is 11.7. The Bertz CT molecular complexity index is 3390. The lowest BCUT2D eigenvalue weighted by molar-refractivity contribution is -0.162. The van der Waals surface area contributed by atoms with Gasteiger partial charge in [-0.05, 0) is 140 Å². The molecular formula is C62H86ClN12O16P. The number of aliphatic carboxylic acids is 1. The lowest BCUT2D eigenvalue weighted by atomic mass is 9.97. The van der Waals surface area contributed by atoms with Crippen molar-refractivity contribution in [1.29, 1.82) is 0 Å². The first-order valence-electron chi connectivity index (χ1n) is 28.4. The van der Waals surface area contributed by atoms with Crippen molar-refractivity contribution in [3.63, 3.8) is 0 Å². The average molecular weight is 1320 g/mol. The van der Waals surface area contributed by atoms with Gasteiger partial charge in [-0.25, -0.2) is 14.4 Å². The normalized spacial score (nSPS) is 12.5. The highest BCUT2D eigenvalue weighted by atomic mass is 35.5. The summed E-state index contributed by atoms with van der Waals surface area (Å²) in [6.45, 7) is 19.2. The third kappa shape index (κ3) is 40.3. The number of aromatic nitrogens is 10. The van der Waals surface area contributed by atoms with Crippen LogP contribution in [0.4, 0.5) is 0 Å². The van der Waals surface area contributed by atoms with Gasteiger partial charge >= 0.3 is 31.5 Å². The van der Waals surface area contributed by atoms with Crippen LogP contribution < -0.4 is 5.32 Å². The smallest absolute Gasteiger partial charge is 0.338 e. The number of Topliss-reactive ketones (excluding diaryl/α,β-unsaturated/α-hetero) is 1. The number of carbonyl (C=O) groups is 10. The summed E-state index contributed by atoms with van der Waals surface area (Å²) in [4.78, 5) is 109. The van der Waals surface area contributed by atoms with Gasteiger partial charge < -0.3 is 28.9 Å². The Kier molecular flexibility index (Phi) is 39.7. The van der Waals surface area contributed by atoms with E-state index in [1.54, 1.807) is 187 Å². The first-order valence-corrected chi connectivity index (χ1v) is 30.5. The second-order valence-corrected chi connectivity index (χ2v) is 23.3. The number of nitrogens with zero attached hydrogens (tertiary/aromatic N) is 11. The average Bonchev–Trinajstić information content (AvgIpc) is 3.77. The molecule has 2 N–H and O–H groups in total. The summed E-state index contributed by atoms with van der Waals surface area (Å²) in [6.07, 6.45) is 28.9. The largest absolute Gasteiger partial charge is 0.478 e. The van der Waals surface area contributed by atoms with Crippen LogP contribution >= 0.6 is 19.2 Å². The van der Waals surface area contributed by atoms with Gasteiger partial charge in [0.25, 0.3) is 11.8 Å². The fraction of sp³-hybridized carbons (Fsp3) is 0.403. The molecule has 2 aliphatic heterocycles. The molecule has 502 valence electrons. The molecule has 0 aliphatic carbocycles. The molecule has 28 nitrogen and oxygen atoms in total. The molecule has 0 aromatic carbocycles. The van der Waals surface area contributed by atoms with Crippen molar-refractivity contribution in [2.75, 3.05) is 39.1 Å². The van der Waals surface area contributed by atoms with E-state index >= 15 is 0 Å². The summed E-state index contributed by atoms with van der Waals surface area (Å²) in [6, 6.07) is 8.75. The molecule has 5 aromatic heterocycles. The Balaban J connectivity index is 0.00000105. The van der Waals surface area contributed by atoms with E-state index in [1.807, 2.05) is 25.4 Å². The van der Waals surface area contributed by atoms with Crippen LogP contribution in [0.1, 0.15) is 115 Å². The number of esters is 3. The third-order valence-corrected chi connectivity index (χ3v) is 13.0. The molecule has 0 saturated carbocycles. The number of carboxylic acid groups (broad SMARTS) is 1. The first kappa shape index (κ1) is 82.6. The lowest BCUT2D eigenvalue weighted by Crippen LogP contribution is -2.37. The van der Waals surface area contributed by atoms with Gasteiger partial charge in [0.15, 0.2) is 6.29 Å². The monoisotopic (exact) mass is 1320 g/mol. The molecule has 30 heteroatoms. The molecule has 0 saturated heterocycles. The van der Waals surface area contributed by atoms with Gasteiger partial charge in [0.2, 0.25) is 11.1 Å². The van der Waals surface area contributed by atoms with Crippen LogP contribution in [0.5, 0.6) is 0 Å². The maximum absolute atomic E-state index is 11.7. The summed E-state index contributed by atoms with van der Waals surface area (Å²) in [5.74, 6) is -3.24. The van der Waals surface area contributed by atoms with Gasteiger partial charge in [0, 0.05) is 109 Å². The van der Waals surface area contributed by atoms with Crippen LogP contribution in [0, 0.1) is 10.8 Å². The quantitative estimate of drug-likeness (QED) is 0.0238. The van der Waals surface area contributed by atoms with Crippen LogP contribution in [-0.4, -0.2) is 157 Å². The van der Waals surface area contributed by atoms with Gasteiger partial charge in [0.1, 0.15) is 17.6 Å². The van der Waals surface area contributed by atoms with Crippen molar-refractivity contribution >= 4 is 102 Å². The van der Waals surface area contributed by atoms with E-state index in [-0.39, 0.29) is 46.3 Å². The maximum Gasteiger partial charge on any atom is 0.338 e. The number of carboxylic acids is 1. The van der Waals surface area contributed by atoms with Gasteiger partial charge in [-0.1, -0.05) is 32.9 Å². The van der Waals surface area contributed by atoms with Crippen molar-refractivity contribution in [2.24, 2.45) is 46.1 Å². The number of nitrogens with one attached hydrogen (secondary N) is 1. The molecule has 0 bridgehead atoms. The molecule has 0 radical (unpaired) electrons. The molecule has 0 fully saturated rings. The van der Waals surface area contributed by atoms with E-state index in [1.165, 1.54) is 48.3 Å². The lowest BCUT2D eigenvalue weighted by Gasteiger charge is -2.19. The predicted molar refractivity (Wildman–Crippen MR) is 346 cm³/mol. The Morgan fingerprint density at radius 2 is 1.01 bits per heavy atom. The number of carbonyl (C=O) groups excluding carboxylic acids is 9. The molecule has 5 aromatic rings. The Hall–Kier alpha value is -9.37. The molecule has 7 rings (SSSR count). The highest BCUT2D eigenvalue weighted by molar-refractivity contribution is 7.54. The summed E-state index contributed by atoms with van der Waals surface area (Å²) < 4.78 is 38.8. The van der Waals surface area contributed by atoms with E-state index in [4.69, 9.17) is 30.5 Å². The van der Waals surface area contributed by atoms with Crippen LogP contribution in [0.25, 0.3) is 24.3 Å². The van der Waals surface area contributed by atoms with Crippen LogP contribution in [0.15, 0.2) is 110 Å². The number of halogens is 1. The molecular weight excluding hydrogens is 1240 g/mol. The number of hydrogen-bond donors (Lipinski definition) is 2. The molecule has 92 heavy (non-hydrogen) atoms. The minimum atomic E-state index is -3.12.